The number of aryl methyl sites for hydroxylation is 2. The zero-order chi connectivity index (χ0) is 21.3. The van der Waals surface area contributed by atoms with Crippen molar-refractivity contribution in [2.24, 2.45) is 0 Å². The van der Waals surface area contributed by atoms with Gasteiger partial charge in [-0.3, -0.25) is 9.59 Å². The van der Waals surface area contributed by atoms with Crippen molar-refractivity contribution in [1.29, 1.82) is 0 Å². The third-order valence-electron chi connectivity index (χ3n) is 5.27. The quantitative estimate of drug-likeness (QED) is 0.576. The van der Waals surface area contributed by atoms with E-state index in [-0.39, 0.29) is 11.8 Å². The molecule has 164 valence electrons. The van der Waals surface area contributed by atoms with E-state index in [1.165, 1.54) is 0 Å². The molecule has 0 aromatic carbocycles. The van der Waals surface area contributed by atoms with Crippen LogP contribution in [0.3, 0.4) is 0 Å². The molecule has 1 saturated heterocycles. The Bertz CT molecular complexity index is 752. The second kappa shape index (κ2) is 11.0. The summed E-state index contributed by atoms with van der Waals surface area (Å²) in [4.78, 5) is 28.8. The monoisotopic (exact) mass is 416 g/mol. The third-order valence-corrected chi connectivity index (χ3v) is 5.27. The molecule has 0 saturated carbocycles. The number of furan rings is 2. The molecular formula is C22H32N4O4. The van der Waals surface area contributed by atoms with Gasteiger partial charge in [0.1, 0.15) is 11.5 Å². The summed E-state index contributed by atoms with van der Waals surface area (Å²) in [6, 6.07) is 6.99. The number of rotatable bonds is 10. The van der Waals surface area contributed by atoms with Crippen molar-refractivity contribution < 1.29 is 18.4 Å². The number of hydrogen-bond acceptors (Lipinski definition) is 6. The van der Waals surface area contributed by atoms with Crippen molar-refractivity contribution in [2.45, 2.75) is 26.7 Å². The lowest BCUT2D eigenvalue weighted by atomic mass is 10.2. The van der Waals surface area contributed by atoms with Crippen LogP contribution in [0.4, 0.5) is 0 Å². The third kappa shape index (κ3) is 6.74. The maximum atomic E-state index is 11.9. The van der Waals surface area contributed by atoms with Crippen LogP contribution in [0.5, 0.6) is 0 Å². The summed E-state index contributed by atoms with van der Waals surface area (Å²) in [5.41, 5.74) is 0. The molecule has 0 spiro atoms. The lowest BCUT2D eigenvalue weighted by Crippen LogP contribution is -2.47. The molecule has 0 unspecified atom stereocenters. The highest BCUT2D eigenvalue weighted by Crippen LogP contribution is 2.07. The predicted molar refractivity (Wildman–Crippen MR) is 114 cm³/mol. The number of piperazine rings is 1. The van der Waals surface area contributed by atoms with Crippen LogP contribution in [0.15, 0.2) is 33.1 Å². The van der Waals surface area contributed by atoms with Crippen LogP contribution in [0, 0.1) is 13.8 Å². The number of carbonyl (C=O) groups is 2. The first-order valence-corrected chi connectivity index (χ1v) is 10.7. The van der Waals surface area contributed by atoms with E-state index in [1.54, 1.807) is 24.3 Å². The maximum absolute atomic E-state index is 11.9. The fourth-order valence-electron chi connectivity index (χ4n) is 3.53. The van der Waals surface area contributed by atoms with Crippen LogP contribution in [-0.4, -0.2) is 74.0 Å². The molecule has 0 bridgehead atoms. The molecule has 2 aromatic heterocycles. The Balaban J connectivity index is 1.21. The summed E-state index contributed by atoms with van der Waals surface area (Å²) in [5.74, 6) is 1.93. The van der Waals surface area contributed by atoms with Gasteiger partial charge in [0, 0.05) is 39.3 Å². The average molecular weight is 417 g/mol. The molecule has 0 radical (unpaired) electrons. The summed E-state index contributed by atoms with van der Waals surface area (Å²) < 4.78 is 10.7. The Hall–Kier alpha value is -2.58. The van der Waals surface area contributed by atoms with E-state index in [4.69, 9.17) is 8.83 Å². The van der Waals surface area contributed by atoms with Crippen LogP contribution in [0.1, 0.15) is 45.5 Å². The van der Waals surface area contributed by atoms with Gasteiger partial charge in [0.2, 0.25) is 0 Å². The van der Waals surface area contributed by atoms with Crippen molar-refractivity contribution in [3.05, 3.63) is 47.3 Å². The van der Waals surface area contributed by atoms with E-state index in [0.717, 1.165) is 63.6 Å². The normalized spacial score (nSPS) is 15.3. The van der Waals surface area contributed by atoms with E-state index in [9.17, 15) is 9.59 Å². The fourth-order valence-corrected chi connectivity index (χ4v) is 3.53. The standard InChI is InChI=1S/C22H32N4O4/c1-17-5-7-19(29-17)21(27)23-9-3-11-25-13-15-26(16-14-25)12-4-10-24-22(28)20-8-6-18(2)30-20/h5-8H,3-4,9-16H2,1-2H3,(H,23,27)(H,24,28). The Kier molecular flexibility index (Phi) is 8.10. The molecule has 1 fully saturated rings. The molecule has 30 heavy (non-hydrogen) atoms. The van der Waals surface area contributed by atoms with Crippen molar-refractivity contribution in [1.82, 2.24) is 20.4 Å². The van der Waals surface area contributed by atoms with E-state index in [0.29, 0.717) is 24.6 Å². The van der Waals surface area contributed by atoms with Crippen LogP contribution in [0.25, 0.3) is 0 Å². The minimum absolute atomic E-state index is 0.151. The lowest BCUT2D eigenvalue weighted by Gasteiger charge is -2.34. The molecule has 2 N–H and O–H groups in total. The molecule has 1 aliphatic rings. The first kappa shape index (κ1) is 22.1. The van der Waals surface area contributed by atoms with Crippen molar-refractivity contribution in [2.75, 3.05) is 52.4 Å². The van der Waals surface area contributed by atoms with Gasteiger partial charge in [0.05, 0.1) is 0 Å². The molecule has 2 amide bonds. The van der Waals surface area contributed by atoms with Crippen LogP contribution in [-0.2, 0) is 0 Å². The van der Waals surface area contributed by atoms with E-state index < -0.39 is 0 Å². The predicted octanol–water partition coefficient (Wildman–Crippen LogP) is 2.05. The highest BCUT2D eigenvalue weighted by Gasteiger charge is 2.17. The Morgan fingerprint density at radius 2 is 1.17 bits per heavy atom. The van der Waals surface area contributed by atoms with Crippen molar-refractivity contribution in [3.8, 4) is 0 Å². The number of nitrogens with zero attached hydrogens (tertiary/aromatic N) is 2. The van der Waals surface area contributed by atoms with Crippen molar-refractivity contribution in [3.63, 3.8) is 0 Å². The maximum Gasteiger partial charge on any atom is 0.286 e. The first-order chi connectivity index (χ1) is 14.5. The van der Waals surface area contributed by atoms with Gasteiger partial charge in [-0.15, -0.1) is 0 Å². The highest BCUT2D eigenvalue weighted by atomic mass is 16.4. The van der Waals surface area contributed by atoms with E-state index >= 15 is 0 Å². The van der Waals surface area contributed by atoms with Crippen molar-refractivity contribution >= 4 is 11.8 Å². The summed E-state index contributed by atoms with van der Waals surface area (Å²) in [6.07, 6.45) is 1.84. The van der Waals surface area contributed by atoms with E-state index in [2.05, 4.69) is 20.4 Å². The second-order valence-electron chi connectivity index (χ2n) is 7.72. The van der Waals surface area contributed by atoms with Gasteiger partial charge in [-0.25, -0.2) is 0 Å². The number of amides is 2. The molecule has 3 heterocycles. The zero-order valence-electron chi connectivity index (χ0n) is 17.9. The van der Waals surface area contributed by atoms with Gasteiger partial charge in [-0.05, 0) is 64.0 Å². The number of hydrogen-bond donors (Lipinski definition) is 2. The van der Waals surface area contributed by atoms with Crippen LogP contribution >= 0.6 is 0 Å². The smallest absolute Gasteiger partial charge is 0.286 e. The summed E-state index contributed by atoms with van der Waals surface area (Å²) in [7, 11) is 0. The van der Waals surface area contributed by atoms with Gasteiger partial charge in [-0.2, -0.15) is 0 Å². The Morgan fingerprint density at radius 1 is 0.767 bits per heavy atom. The molecule has 3 rings (SSSR count). The topological polar surface area (TPSA) is 91.0 Å². The van der Waals surface area contributed by atoms with Gasteiger partial charge >= 0.3 is 0 Å². The first-order valence-electron chi connectivity index (χ1n) is 10.7. The average Bonchev–Trinajstić information content (AvgIpc) is 3.37. The molecular weight excluding hydrogens is 384 g/mol. The fraction of sp³-hybridized carbons (Fsp3) is 0.545. The van der Waals surface area contributed by atoms with Gasteiger partial charge in [0.25, 0.3) is 11.8 Å². The van der Waals surface area contributed by atoms with Gasteiger partial charge in [-0.1, -0.05) is 0 Å². The second-order valence-corrected chi connectivity index (χ2v) is 7.72. The van der Waals surface area contributed by atoms with Gasteiger partial charge in [0.15, 0.2) is 11.5 Å². The largest absolute Gasteiger partial charge is 0.456 e. The van der Waals surface area contributed by atoms with E-state index in [1.807, 2.05) is 13.8 Å². The summed E-state index contributed by atoms with van der Waals surface area (Å²) in [6.45, 7) is 11.0. The number of nitrogens with one attached hydrogen (secondary N) is 2. The SMILES string of the molecule is Cc1ccc(C(=O)NCCCN2CCN(CCCNC(=O)c3ccc(C)o3)CC2)o1. The summed E-state index contributed by atoms with van der Waals surface area (Å²) in [5, 5.41) is 5.81. The molecule has 1 aliphatic heterocycles. The lowest BCUT2D eigenvalue weighted by molar-refractivity contribution is 0.0907. The highest BCUT2D eigenvalue weighted by molar-refractivity contribution is 5.91. The zero-order valence-corrected chi connectivity index (χ0v) is 17.9. The van der Waals surface area contributed by atoms with Crippen LogP contribution in [0.2, 0.25) is 0 Å². The molecule has 2 aromatic rings. The molecule has 8 nitrogen and oxygen atoms in total. The minimum Gasteiger partial charge on any atom is -0.456 e. The van der Waals surface area contributed by atoms with Gasteiger partial charge < -0.3 is 29.3 Å². The Labute approximate surface area is 177 Å². The molecule has 0 aliphatic carbocycles. The Morgan fingerprint density at radius 3 is 1.50 bits per heavy atom. The summed E-state index contributed by atoms with van der Waals surface area (Å²) >= 11 is 0. The van der Waals surface area contributed by atoms with Crippen LogP contribution < -0.4 is 10.6 Å². The molecule has 8 heteroatoms. The number of carbonyl (C=O) groups excluding carboxylic acids is 2. The minimum atomic E-state index is -0.151. The molecule has 0 atom stereocenters.